The van der Waals surface area contributed by atoms with Crippen LogP contribution in [0.15, 0.2) is 5.03 Å². The third-order valence-corrected chi connectivity index (χ3v) is 2.64. The van der Waals surface area contributed by atoms with Crippen LogP contribution < -0.4 is 5.73 Å². The summed E-state index contributed by atoms with van der Waals surface area (Å²) in [7, 11) is 0. The molecular formula is C9H15N3S. The zero-order valence-corrected chi connectivity index (χ0v) is 9.11. The van der Waals surface area contributed by atoms with Crippen LogP contribution >= 0.6 is 11.8 Å². The molecule has 0 saturated heterocycles. The van der Waals surface area contributed by atoms with Crippen LogP contribution in [0.4, 0.5) is 5.82 Å². The third-order valence-electron chi connectivity index (χ3n) is 1.85. The highest BCUT2D eigenvalue weighted by Gasteiger charge is 2.06. The van der Waals surface area contributed by atoms with Gasteiger partial charge < -0.3 is 5.73 Å². The lowest BCUT2D eigenvalue weighted by atomic mass is 10.3. The molecule has 0 spiro atoms. The maximum atomic E-state index is 5.76. The lowest BCUT2D eigenvalue weighted by Gasteiger charge is -2.06. The summed E-state index contributed by atoms with van der Waals surface area (Å²) in [5, 5.41) is 0.996. The van der Waals surface area contributed by atoms with Crippen molar-refractivity contribution in [1.82, 2.24) is 9.97 Å². The summed E-state index contributed by atoms with van der Waals surface area (Å²) >= 11 is 1.62. The second-order valence-corrected chi connectivity index (χ2v) is 3.70. The van der Waals surface area contributed by atoms with E-state index in [1.807, 2.05) is 13.2 Å². The number of nitrogens with two attached hydrogens (primary N) is 1. The van der Waals surface area contributed by atoms with Gasteiger partial charge in [0.1, 0.15) is 16.7 Å². The molecule has 1 rings (SSSR count). The quantitative estimate of drug-likeness (QED) is 0.595. The van der Waals surface area contributed by atoms with E-state index in [0.717, 1.165) is 29.3 Å². The molecule has 0 bridgehead atoms. The molecule has 0 aliphatic carbocycles. The van der Waals surface area contributed by atoms with Gasteiger partial charge in [0.2, 0.25) is 0 Å². The number of hydrogen-bond donors (Lipinski definition) is 1. The topological polar surface area (TPSA) is 51.8 Å². The Balaban J connectivity index is 3.06. The Morgan fingerprint density at radius 3 is 2.62 bits per heavy atom. The summed E-state index contributed by atoms with van der Waals surface area (Å²) in [6, 6.07) is 0. The maximum absolute atomic E-state index is 5.76. The van der Waals surface area contributed by atoms with Crippen LogP contribution in [-0.4, -0.2) is 16.2 Å². The molecular weight excluding hydrogens is 182 g/mol. The van der Waals surface area contributed by atoms with Gasteiger partial charge in [-0.1, -0.05) is 6.92 Å². The maximum Gasteiger partial charge on any atom is 0.132 e. The number of aryl methyl sites for hydroxylation is 1. The second-order valence-electron chi connectivity index (χ2n) is 2.91. The normalized spacial score (nSPS) is 10.4. The summed E-state index contributed by atoms with van der Waals surface area (Å²) in [4.78, 5) is 8.64. The number of nitrogens with zero attached hydrogens (tertiary/aromatic N) is 2. The number of hydrogen-bond acceptors (Lipinski definition) is 4. The number of rotatable bonds is 3. The summed E-state index contributed by atoms with van der Waals surface area (Å²) in [6.07, 6.45) is 3.96. The Bertz CT molecular complexity index is 299. The van der Waals surface area contributed by atoms with E-state index in [2.05, 4.69) is 16.9 Å². The van der Waals surface area contributed by atoms with Crippen LogP contribution in [0, 0.1) is 6.92 Å². The van der Waals surface area contributed by atoms with Crippen LogP contribution in [0.3, 0.4) is 0 Å². The van der Waals surface area contributed by atoms with Gasteiger partial charge >= 0.3 is 0 Å². The summed E-state index contributed by atoms with van der Waals surface area (Å²) in [5.41, 5.74) is 6.76. The van der Waals surface area contributed by atoms with Gasteiger partial charge in [-0.3, -0.25) is 0 Å². The highest BCUT2D eigenvalue weighted by molar-refractivity contribution is 7.98. The Kier molecular flexibility index (Phi) is 3.54. The van der Waals surface area contributed by atoms with Crippen LogP contribution in [0.5, 0.6) is 0 Å². The van der Waals surface area contributed by atoms with Crippen LogP contribution in [-0.2, 0) is 6.42 Å². The molecule has 0 amide bonds. The molecule has 0 atom stereocenters. The smallest absolute Gasteiger partial charge is 0.132 e. The molecule has 13 heavy (non-hydrogen) atoms. The minimum Gasteiger partial charge on any atom is -0.383 e. The van der Waals surface area contributed by atoms with Crippen molar-refractivity contribution < 1.29 is 0 Å². The first-order chi connectivity index (χ1) is 6.19. The minimum atomic E-state index is 0.614. The Hall–Kier alpha value is -0.770. The summed E-state index contributed by atoms with van der Waals surface area (Å²) in [6.45, 7) is 4.06. The number of nitrogen functional groups attached to an aromatic ring is 1. The van der Waals surface area contributed by atoms with E-state index >= 15 is 0 Å². The van der Waals surface area contributed by atoms with E-state index in [9.17, 15) is 0 Å². The van der Waals surface area contributed by atoms with Gasteiger partial charge in [0, 0.05) is 12.0 Å². The molecule has 0 aliphatic heterocycles. The molecule has 2 N–H and O–H groups in total. The van der Waals surface area contributed by atoms with Gasteiger partial charge in [-0.05, 0) is 19.6 Å². The fourth-order valence-corrected chi connectivity index (χ4v) is 1.70. The summed E-state index contributed by atoms with van der Waals surface area (Å²) < 4.78 is 0. The average Bonchev–Trinajstić information content (AvgIpc) is 2.11. The van der Waals surface area contributed by atoms with E-state index in [1.165, 1.54) is 0 Å². The highest BCUT2D eigenvalue weighted by atomic mass is 32.2. The van der Waals surface area contributed by atoms with Crippen molar-refractivity contribution in [3.8, 4) is 0 Å². The predicted molar refractivity (Wildman–Crippen MR) is 57.0 cm³/mol. The highest BCUT2D eigenvalue weighted by Crippen LogP contribution is 2.21. The molecule has 0 fully saturated rings. The number of thioether (sulfide) groups is 1. The average molecular weight is 197 g/mol. The molecule has 0 aromatic carbocycles. The van der Waals surface area contributed by atoms with Crippen molar-refractivity contribution in [2.75, 3.05) is 12.0 Å². The predicted octanol–water partition coefficient (Wildman–Crippen LogP) is 2.04. The lowest BCUT2D eigenvalue weighted by Crippen LogP contribution is -2.03. The van der Waals surface area contributed by atoms with Gasteiger partial charge in [-0.2, -0.15) is 0 Å². The fourth-order valence-electron chi connectivity index (χ4n) is 1.09. The number of aromatic nitrogens is 2. The molecule has 0 saturated carbocycles. The standard InChI is InChI=1S/C9H15N3S/c1-4-5-7-11-8(10)6(2)9(12-7)13-3/h4-5H2,1-3H3,(H2,10,11,12). The molecule has 4 heteroatoms. The van der Waals surface area contributed by atoms with Gasteiger partial charge in [0.05, 0.1) is 0 Å². The largest absolute Gasteiger partial charge is 0.383 e. The Morgan fingerprint density at radius 1 is 1.38 bits per heavy atom. The van der Waals surface area contributed by atoms with E-state index in [4.69, 9.17) is 5.73 Å². The zero-order chi connectivity index (χ0) is 9.84. The third kappa shape index (κ3) is 2.34. The first-order valence-corrected chi connectivity index (χ1v) is 5.58. The van der Waals surface area contributed by atoms with Gasteiger partial charge in [-0.25, -0.2) is 9.97 Å². The van der Waals surface area contributed by atoms with Gasteiger partial charge in [-0.15, -0.1) is 11.8 Å². The molecule has 3 nitrogen and oxygen atoms in total. The summed E-state index contributed by atoms with van der Waals surface area (Å²) in [5.74, 6) is 1.47. The van der Waals surface area contributed by atoms with E-state index in [0.29, 0.717) is 5.82 Å². The minimum absolute atomic E-state index is 0.614. The van der Waals surface area contributed by atoms with Gasteiger partial charge in [0.25, 0.3) is 0 Å². The van der Waals surface area contributed by atoms with Crippen molar-refractivity contribution in [2.45, 2.75) is 31.7 Å². The van der Waals surface area contributed by atoms with E-state index in [1.54, 1.807) is 11.8 Å². The number of anilines is 1. The first kappa shape index (κ1) is 10.3. The monoisotopic (exact) mass is 197 g/mol. The lowest BCUT2D eigenvalue weighted by molar-refractivity contribution is 0.806. The molecule has 0 radical (unpaired) electrons. The second kappa shape index (κ2) is 4.46. The van der Waals surface area contributed by atoms with Crippen molar-refractivity contribution in [3.63, 3.8) is 0 Å². The van der Waals surface area contributed by atoms with Crippen molar-refractivity contribution in [2.24, 2.45) is 0 Å². The molecule has 1 heterocycles. The van der Waals surface area contributed by atoms with Crippen molar-refractivity contribution >= 4 is 17.6 Å². The molecule has 0 aliphatic rings. The Labute approximate surface area is 83.2 Å². The molecule has 1 aromatic heterocycles. The van der Waals surface area contributed by atoms with Crippen LogP contribution in [0.2, 0.25) is 0 Å². The van der Waals surface area contributed by atoms with E-state index in [-0.39, 0.29) is 0 Å². The van der Waals surface area contributed by atoms with E-state index < -0.39 is 0 Å². The van der Waals surface area contributed by atoms with Crippen LogP contribution in [0.1, 0.15) is 24.7 Å². The van der Waals surface area contributed by atoms with Crippen molar-refractivity contribution in [3.05, 3.63) is 11.4 Å². The van der Waals surface area contributed by atoms with Gasteiger partial charge in [0.15, 0.2) is 0 Å². The molecule has 1 aromatic rings. The van der Waals surface area contributed by atoms with Crippen LogP contribution in [0.25, 0.3) is 0 Å². The SMILES string of the molecule is CCCc1nc(N)c(C)c(SC)n1. The fraction of sp³-hybridized carbons (Fsp3) is 0.556. The molecule has 72 valence electrons. The molecule has 0 unspecified atom stereocenters. The van der Waals surface area contributed by atoms with Crippen molar-refractivity contribution in [1.29, 1.82) is 0 Å². The first-order valence-electron chi connectivity index (χ1n) is 4.36. The Morgan fingerprint density at radius 2 is 2.08 bits per heavy atom. The zero-order valence-electron chi connectivity index (χ0n) is 8.29.